The first-order valence-electron chi connectivity index (χ1n) is 5.91. The number of likely N-dealkylation sites (tertiary alicyclic amines) is 1. The number of rotatable bonds is 3. The molecule has 0 aromatic heterocycles. The van der Waals surface area contributed by atoms with Gasteiger partial charge in [-0.1, -0.05) is 13.8 Å². The van der Waals surface area contributed by atoms with Crippen molar-refractivity contribution in [3.8, 4) is 0 Å². The molecule has 1 amide bonds. The van der Waals surface area contributed by atoms with Crippen LogP contribution in [-0.2, 0) is 4.79 Å². The van der Waals surface area contributed by atoms with E-state index in [0.717, 1.165) is 25.8 Å². The van der Waals surface area contributed by atoms with Crippen molar-refractivity contribution in [1.82, 2.24) is 4.90 Å². The first-order chi connectivity index (χ1) is 6.84. The Morgan fingerprint density at radius 1 is 1.47 bits per heavy atom. The van der Waals surface area contributed by atoms with Gasteiger partial charge in [-0.25, -0.2) is 0 Å². The Morgan fingerprint density at radius 2 is 2.07 bits per heavy atom. The van der Waals surface area contributed by atoms with Crippen LogP contribution in [0.5, 0.6) is 0 Å². The summed E-state index contributed by atoms with van der Waals surface area (Å²) in [4.78, 5) is 14.1. The lowest BCUT2D eigenvalue weighted by Gasteiger charge is -2.33. The van der Waals surface area contributed by atoms with Crippen LogP contribution in [0.2, 0.25) is 0 Å². The van der Waals surface area contributed by atoms with Gasteiger partial charge in [-0.2, -0.15) is 0 Å². The maximum Gasteiger partial charge on any atom is 0.239 e. The minimum absolute atomic E-state index is 0.00564. The normalized spacial score (nSPS) is 22.1. The molecule has 1 heterocycles. The molecule has 0 aromatic carbocycles. The van der Waals surface area contributed by atoms with E-state index in [1.54, 1.807) is 0 Å². The number of hydrogen-bond donors (Lipinski definition) is 1. The summed E-state index contributed by atoms with van der Waals surface area (Å²) in [5.74, 6) is 0.612. The Bertz CT molecular complexity index is 236. The van der Waals surface area contributed by atoms with Crippen LogP contribution in [-0.4, -0.2) is 28.9 Å². The van der Waals surface area contributed by atoms with E-state index in [9.17, 15) is 4.79 Å². The largest absolute Gasteiger partial charge is 0.336 e. The Hall–Kier alpha value is -0.570. The van der Waals surface area contributed by atoms with E-state index >= 15 is 0 Å². The molecule has 0 aliphatic carbocycles. The maximum atomic E-state index is 12.1. The van der Waals surface area contributed by atoms with E-state index in [-0.39, 0.29) is 17.5 Å². The number of nitrogens with zero attached hydrogens (tertiary/aromatic N) is 1. The summed E-state index contributed by atoms with van der Waals surface area (Å²) in [7, 11) is 0. The molecule has 0 saturated carbocycles. The van der Waals surface area contributed by atoms with Gasteiger partial charge < -0.3 is 10.6 Å². The van der Waals surface area contributed by atoms with Crippen LogP contribution in [0.25, 0.3) is 0 Å². The summed E-state index contributed by atoms with van der Waals surface area (Å²) in [5.41, 5.74) is 5.93. The average molecular weight is 212 g/mol. The minimum atomic E-state index is -0.317. The molecule has 1 fully saturated rings. The molecule has 3 heteroatoms. The third-order valence-corrected chi connectivity index (χ3v) is 3.21. The highest BCUT2D eigenvalue weighted by Gasteiger charge is 2.37. The summed E-state index contributed by atoms with van der Waals surface area (Å²) in [6, 6.07) is -0.317. The molecule has 0 bridgehead atoms. The van der Waals surface area contributed by atoms with Crippen LogP contribution in [0.1, 0.15) is 47.0 Å². The van der Waals surface area contributed by atoms with Crippen molar-refractivity contribution in [2.45, 2.75) is 58.5 Å². The molecule has 0 radical (unpaired) electrons. The highest BCUT2D eigenvalue weighted by molar-refractivity contribution is 5.82. The average Bonchev–Trinajstić information content (AvgIpc) is 2.42. The SMILES string of the molecule is CC(C)C[C@H](N)C(=O)N1CCCC1(C)C. The Balaban J connectivity index is 2.60. The minimum Gasteiger partial charge on any atom is -0.336 e. The van der Waals surface area contributed by atoms with Gasteiger partial charge in [0.2, 0.25) is 5.91 Å². The van der Waals surface area contributed by atoms with Crippen LogP contribution in [0.3, 0.4) is 0 Å². The number of amides is 1. The molecule has 1 atom stereocenters. The lowest BCUT2D eigenvalue weighted by Crippen LogP contribution is -2.50. The van der Waals surface area contributed by atoms with E-state index in [2.05, 4.69) is 27.7 Å². The zero-order chi connectivity index (χ0) is 11.6. The first-order valence-corrected chi connectivity index (χ1v) is 5.91. The van der Waals surface area contributed by atoms with Crippen LogP contribution >= 0.6 is 0 Å². The molecular formula is C12H24N2O. The highest BCUT2D eigenvalue weighted by Crippen LogP contribution is 2.28. The quantitative estimate of drug-likeness (QED) is 0.775. The zero-order valence-electron chi connectivity index (χ0n) is 10.4. The fraction of sp³-hybridized carbons (Fsp3) is 0.917. The van der Waals surface area contributed by atoms with Gasteiger partial charge in [0.15, 0.2) is 0 Å². The van der Waals surface area contributed by atoms with Gasteiger partial charge in [0, 0.05) is 12.1 Å². The Morgan fingerprint density at radius 3 is 2.47 bits per heavy atom. The van der Waals surface area contributed by atoms with E-state index in [1.165, 1.54) is 0 Å². The van der Waals surface area contributed by atoms with Gasteiger partial charge >= 0.3 is 0 Å². The molecule has 3 nitrogen and oxygen atoms in total. The van der Waals surface area contributed by atoms with Gasteiger partial charge in [-0.15, -0.1) is 0 Å². The van der Waals surface area contributed by atoms with Crippen LogP contribution < -0.4 is 5.73 Å². The lowest BCUT2D eigenvalue weighted by atomic mass is 9.99. The molecule has 0 aromatic rings. The summed E-state index contributed by atoms with van der Waals surface area (Å²) in [6.07, 6.45) is 2.98. The van der Waals surface area contributed by atoms with Gasteiger partial charge in [-0.05, 0) is 39.0 Å². The molecule has 2 N–H and O–H groups in total. The van der Waals surface area contributed by atoms with Crippen LogP contribution in [0, 0.1) is 5.92 Å². The van der Waals surface area contributed by atoms with Crippen molar-refractivity contribution in [2.75, 3.05) is 6.54 Å². The molecule has 0 spiro atoms. The molecule has 1 aliphatic heterocycles. The second-order valence-corrected chi connectivity index (χ2v) is 5.64. The molecular weight excluding hydrogens is 188 g/mol. The summed E-state index contributed by atoms with van der Waals surface area (Å²) >= 11 is 0. The van der Waals surface area contributed by atoms with Crippen molar-refractivity contribution in [3.63, 3.8) is 0 Å². The van der Waals surface area contributed by atoms with E-state index < -0.39 is 0 Å². The maximum absolute atomic E-state index is 12.1. The molecule has 88 valence electrons. The van der Waals surface area contributed by atoms with Crippen molar-refractivity contribution in [3.05, 3.63) is 0 Å². The predicted octanol–water partition coefficient (Wildman–Crippen LogP) is 1.76. The molecule has 1 rings (SSSR count). The highest BCUT2D eigenvalue weighted by atomic mass is 16.2. The van der Waals surface area contributed by atoms with Crippen LogP contribution in [0.15, 0.2) is 0 Å². The Labute approximate surface area is 93.0 Å². The number of hydrogen-bond acceptors (Lipinski definition) is 2. The van der Waals surface area contributed by atoms with Crippen molar-refractivity contribution in [1.29, 1.82) is 0 Å². The lowest BCUT2D eigenvalue weighted by molar-refractivity contribution is -0.136. The van der Waals surface area contributed by atoms with Gasteiger partial charge in [0.05, 0.1) is 6.04 Å². The van der Waals surface area contributed by atoms with Crippen LogP contribution in [0.4, 0.5) is 0 Å². The Kier molecular flexibility index (Phi) is 3.77. The van der Waals surface area contributed by atoms with E-state index in [0.29, 0.717) is 5.92 Å². The standard InChI is InChI=1S/C12H24N2O/c1-9(2)8-10(13)11(15)14-7-5-6-12(14,3)4/h9-10H,5-8,13H2,1-4H3/t10-/m0/s1. The van der Waals surface area contributed by atoms with Gasteiger partial charge in [-0.3, -0.25) is 4.79 Å². The summed E-state index contributed by atoms with van der Waals surface area (Å²) < 4.78 is 0. The fourth-order valence-corrected chi connectivity index (χ4v) is 2.32. The van der Waals surface area contributed by atoms with Gasteiger partial charge in [0.1, 0.15) is 0 Å². The third-order valence-electron chi connectivity index (χ3n) is 3.21. The number of nitrogens with two attached hydrogens (primary N) is 1. The van der Waals surface area contributed by atoms with Crippen molar-refractivity contribution in [2.24, 2.45) is 11.7 Å². The molecule has 0 unspecified atom stereocenters. The number of carbonyl (C=O) groups is 1. The molecule has 15 heavy (non-hydrogen) atoms. The summed E-state index contributed by atoms with van der Waals surface area (Å²) in [5, 5.41) is 0. The third kappa shape index (κ3) is 2.94. The first kappa shape index (κ1) is 12.5. The van der Waals surface area contributed by atoms with E-state index in [4.69, 9.17) is 5.73 Å². The second kappa shape index (κ2) is 4.52. The smallest absolute Gasteiger partial charge is 0.239 e. The zero-order valence-corrected chi connectivity index (χ0v) is 10.4. The molecule has 1 saturated heterocycles. The topological polar surface area (TPSA) is 46.3 Å². The second-order valence-electron chi connectivity index (χ2n) is 5.64. The fourth-order valence-electron chi connectivity index (χ4n) is 2.32. The monoisotopic (exact) mass is 212 g/mol. The predicted molar refractivity (Wildman–Crippen MR) is 62.5 cm³/mol. The van der Waals surface area contributed by atoms with E-state index in [1.807, 2.05) is 4.90 Å². The number of carbonyl (C=O) groups excluding carboxylic acids is 1. The van der Waals surface area contributed by atoms with Crippen molar-refractivity contribution >= 4 is 5.91 Å². The summed E-state index contributed by atoms with van der Waals surface area (Å²) in [6.45, 7) is 9.32. The van der Waals surface area contributed by atoms with Gasteiger partial charge in [0.25, 0.3) is 0 Å². The van der Waals surface area contributed by atoms with Crippen molar-refractivity contribution < 1.29 is 4.79 Å². The molecule has 1 aliphatic rings.